The zero-order chi connectivity index (χ0) is 14.2. The predicted octanol–water partition coefficient (Wildman–Crippen LogP) is 2.16. The minimum Gasteiger partial charge on any atom is -0.494 e. The number of hydrogen-bond acceptors (Lipinski definition) is 4. The molecule has 1 aromatic rings. The van der Waals surface area contributed by atoms with Crippen molar-refractivity contribution in [2.75, 3.05) is 45.9 Å². The van der Waals surface area contributed by atoms with Crippen molar-refractivity contribution in [1.82, 2.24) is 15.5 Å². The summed E-state index contributed by atoms with van der Waals surface area (Å²) in [7, 11) is 0. The molecule has 1 aliphatic heterocycles. The monoisotopic (exact) mass is 333 g/mol. The maximum absolute atomic E-state index is 6.05. The summed E-state index contributed by atoms with van der Waals surface area (Å²) in [5, 5.41) is 7.60. The van der Waals surface area contributed by atoms with Crippen LogP contribution in [0, 0.1) is 0 Å². The average molecular weight is 334 g/mol. The molecule has 0 unspecified atom stereocenters. The lowest BCUT2D eigenvalue weighted by atomic mass is 10.2. The minimum atomic E-state index is 0. The number of hydrogen-bond donors (Lipinski definition) is 2. The van der Waals surface area contributed by atoms with Crippen molar-refractivity contribution in [2.24, 2.45) is 0 Å². The summed E-state index contributed by atoms with van der Waals surface area (Å²) in [5.74, 6) is 0.923. The largest absolute Gasteiger partial charge is 0.494 e. The van der Waals surface area contributed by atoms with Crippen LogP contribution in [0.2, 0.25) is 5.02 Å². The van der Waals surface area contributed by atoms with Crippen LogP contribution in [-0.4, -0.2) is 50.8 Å². The third kappa shape index (κ3) is 6.41. The van der Waals surface area contributed by atoms with E-state index in [-0.39, 0.29) is 12.4 Å². The normalized spacial score (nSPS) is 15.5. The summed E-state index contributed by atoms with van der Waals surface area (Å²) >= 11 is 6.05. The zero-order valence-electron chi connectivity index (χ0n) is 12.5. The summed E-state index contributed by atoms with van der Waals surface area (Å²) in [5.41, 5.74) is 1.12. The van der Waals surface area contributed by atoms with Crippen molar-refractivity contribution in [3.05, 3.63) is 28.8 Å². The topological polar surface area (TPSA) is 36.5 Å². The van der Waals surface area contributed by atoms with Crippen LogP contribution in [0.15, 0.2) is 18.2 Å². The Morgan fingerprint density at radius 2 is 2.10 bits per heavy atom. The number of benzene rings is 1. The number of ether oxygens (including phenoxy) is 1. The summed E-state index contributed by atoms with van der Waals surface area (Å²) in [6.07, 6.45) is 0. The van der Waals surface area contributed by atoms with Gasteiger partial charge < -0.3 is 15.4 Å². The highest BCUT2D eigenvalue weighted by atomic mass is 35.5. The van der Waals surface area contributed by atoms with Crippen LogP contribution in [0.25, 0.3) is 0 Å². The molecule has 1 aromatic carbocycles. The van der Waals surface area contributed by atoms with Gasteiger partial charge in [0.25, 0.3) is 0 Å². The molecule has 1 aliphatic rings. The van der Waals surface area contributed by atoms with Gasteiger partial charge >= 0.3 is 0 Å². The highest BCUT2D eigenvalue weighted by molar-refractivity contribution is 6.30. The first-order valence-electron chi connectivity index (χ1n) is 7.34. The van der Waals surface area contributed by atoms with Gasteiger partial charge in [0, 0.05) is 56.4 Å². The quantitative estimate of drug-likeness (QED) is 0.750. The summed E-state index contributed by atoms with van der Waals surface area (Å²) < 4.78 is 5.62. The molecule has 120 valence electrons. The first-order chi connectivity index (χ1) is 9.79. The molecular formula is C15H25Cl2N3O. The van der Waals surface area contributed by atoms with Gasteiger partial charge in [-0.1, -0.05) is 11.6 Å². The molecule has 1 fully saturated rings. The van der Waals surface area contributed by atoms with Gasteiger partial charge in [-0.2, -0.15) is 0 Å². The summed E-state index contributed by atoms with van der Waals surface area (Å²) in [4.78, 5) is 2.48. The number of piperazine rings is 1. The maximum atomic E-state index is 6.05. The first-order valence-corrected chi connectivity index (χ1v) is 7.72. The fourth-order valence-corrected chi connectivity index (χ4v) is 2.57. The molecule has 6 heteroatoms. The van der Waals surface area contributed by atoms with Crippen LogP contribution in [0.1, 0.15) is 12.5 Å². The van der Waals surface area contributed by atoms with E-state index in [0.717, 1.165) is 62.1 Å². The second kappa shape index (κ2) is 10.2. The van der Waals surface area contributed by atoms with E-state index in [1.165, 1.54) is 0 Å². The first kappa shape index (κ1) is 18.5. The Morgan fingerprint density at radius 1 is 1.33 bits per heavy atom. The fraction of sp³-hybridized carbons (Fsp3) is 0.600. The molecule has 21 heavy (non-hydrogen) atoms. The molecule has 0 amide bonds. The standard InChI is InChI=1S/C15H24ClN3O.ClH/c1-2-20-15-4-3-14(16)11-13(15)12-18-7-10-19-8-5-17-6-9-19;/h3-4,11,17-18H,2,5-10,12H2,1H3;1H. The van der Waals surface area contributed by atoms with Crippen molar-refractivity contribution in [3.8, 4) is 5.75 Å². The van der Waals surface area contributed by atoms with Crippen molar-refractivity contribution in [1.29, 1.82) is 0 Å². The maximum Gasteiger partial charge on any atom is 0.123 e. The molecular weight excluding hydrogens is 309 g/mol. The number of rotatable bonds is 7. The predicted molar refractivity (Wildman–Crippen MR) is 90.9 cm³/mol. The van der Waals surface area contributed by atoms with Gasteiger partial charge in [-0.15, -0.1) is 12.4 Å². The van der Waals surface area contributed by atoms with Crippen LogP contribution in [0.5, 0.6) is 5.75 Å². The van der Waals surface area contributed by atoms with Gasteiger partial charge in [0.05, 0.1) is 6.61 Å². The van der Waals surface area contributed by atoms with Gasteiger partial charge in [-0.3, -0.25) is 4.90 Å². The number of halogens is 2. The van der Waals surface area contributed by atoms with Crippen molar-refractivity contribution in [3.63, 3.8) is 0 Å². The van der Waals surface area contributed by atoms with Gasteiger partial charge in [0.15, 0.2) is 0 Å². The Balaban J connectivity index is 0.00000220. The molecule has 2 N–H and O–H groups in total. The second-order valence-electron chi connectivity index (χ2n) is 4.95. The summed E-state index contributed by atoms with van der Waals surface area (Å²) in [6.45, 7) is 10.0. The second-order valence-corrected chi connectivity index (χ2v) is 5.39. The molecule has 2 rings (SSSR count). The molecule has 0 spiro atoms. The zero-order valence-corrected chi connectivity index (χ0v) is 14.1. The van der Waals surface area contributed by atoms with Gasteiger partial charge in [0.2, 0.25) is 0 Å². The average Bonchev–Trinajstić information content (AvgIpc) is 2.47. The van der Waals surface area contributed by atoms with Crippen molar-refractivity contribution >= 4 is 24.0 Å². The third-order valence-electron chi connectivity index (χ3n) is 3.45. The third-order valence-corrected chi connectivity index (χ3v) is 3.69. The highest BCUT2D eigenvalue weighted by Crippen LogP contribution is 2.22. The van der Waals surface area contributed by atoms with Crippen LogP contribution in [0.4, 0.5) is 0 Å². The van der Waals surface area contributed by atoms with Gasteiger partial charge in [-0.25, -0.2) is 0 Å². The molecule has 0 atom stereocenters. The Hall–Kier alpha value is -0.520. The minimum absolute atomic E-state index is 0. The lowest BCUT2D eigenvalue weighted by Crippen LogP contribution is -2.45. The Kier molecular flexibility index (Phi) is 9.04. The van der Waals surface area contributed by atoms with E-state index in [1.54, 1.807) is 0 Å². The number of nitrogens with zero attached hydrogens (tertiary/aromatic N) is 1. The molecule has 1 saturated heterocycles. The molecule has 0 aromatic heterocycles. The fourth-order valence-electron chi connectivity index (χ4n) is 2.38. The molecule has 1 heterocycles. The van der Waals surface area contributed by atoms with Crippen molar-refractivity contribution in [2.45, 2.75) is 13.5 Å². The molecule has 0 radical (unpaired) electrons. The molecule has 0 bridgehead atoms. The van der Waals surface area contributed by atoms with E-state index in [4.69, 9.17) is 16.3 Å². The molecule has 0 aliphatic carbocycles. The van der Waals surface area contributed by atoms with E-state index < -0.39 is 0 Å². The van der Waals surface area contributed by atoms with Crippen LogP contribution >= 0.6 is 24.0 Å². The van der Waals surface area contributed by atoms with Gasteiger partial charge in [0.1, 0.15) is 5.75 Å². The smallest absolute Gasteiger partial charge is 0.123 e. The van der Waals surface area contributed by atoms with E-state index >= 15 is 0 Å². The van der Waals surface area contributed by atoms with Crippen LogP contribution < -0.4 is 15.4 Å². The van der Waals surface area contributed by atoms with Gasteiger partial charge in [-0.05, 0) is 25.1 Å². The lowest BCUT2D eigenvalue weighted by molar-refractivity contribution is 0.241. The van der Waals surface area contributed by atoms with Crippen LogP contribution in [0.3, 0.4) is 0 Å². The Morgan fingerprint density at radius 3 is 2.81 bits per heavy atom. The summed E-state index contributed by atoms with van der Waals surface area (Å²) in [6, 6.07) is 5.79. The Labute approximate surface area is 138 Å². The number of nitrogens with one attached hydrogen (secondary N) is 2. The van der Waals surface area contributed by atoms with Crippen LogP contribution in [-0.2, 0) is 6.54 Å². The SMILES string of the molecule is CCOc1ccc(Cl)cc1CNCCN1CCNCC1.Cl. The molecule has 4 nitrogen and oxygen atoms in total. The van der Waals surface area contributed by atoms with E-state index in [9.17, 15) is 0 Å². The molecule has 0 saturated carbocycles. The van der Waals surface area contributed by atoms with Crippen molar-refractivity contribution < 1.29 is 4.74 Å². The lowest BCUT2D eigenvalue weighted by Gasteiger charge is -2.27. The van der Waals surface area contributed by atoms with E-state index in [2.05, 4.69) is 15.5 Å². The van der Waals surface area contributed by atoms with E-state index in [1.807, 2.05) is 25.1 Å². The highest BCUT2D eigenvalue weighted by Gasteiger charge is 2.09. The van der Waals surface area contributed by atoms with E-state index in [0.29, 0.717) is 6.61 Å². The Bertz CT molecular complexity index is 412.